The van der Waals surface area contributed by atoms with Crippen LogP contribution >= 0.6 is 11.6 Å². The first-order valence-corrected chi connectivity index (χ1v) is 6.75. The molecule has 0 aromatic heterocycles. The number of alkyl halides is 3. The third-order valence-corrected chi connectivity index (χ3v) is 3.16. The Morgan fingerprint density at radius 1 is 1.25 bits per heavy atom. The first-order valence-electron chi connectivity index (χ1n) is 6.37. The van der Waals surface area contributed by atoms with Crippen molar-refractivity contribution in [3.8, 4) is 5.75 Å². The summed E-state index contributed by atoms with van der Waals surface area (Å²) in [5, 5.41) is 12.6. The third-order valence-electron chi connectivity index (χ3n) is 2.88. The second-order valence-electron chi connectivity index (χ2n) is 4.60. The number of nitrogens with one attached hydrogen (secondary N) is 1. The van der Waals surface area contributed by atoms with Crippen molar-refractivity contribution in [1.29, 1.82) is 0 Å². The van der Waals surface area contributed by atoms with Gasteiger partial charge in [0.25, 0.3) is 5.91 Å². The predicted octanol–water partition coefficient (Wildman–Crippen LogP) is 3.97. The van der Waals surface area contributed by atoms with Gasteiger partial charge in [-0.25, -0.2) is 9.82 Å². The molecule has 0 saturated heterocycles. The molecule has 0 aliphatic carbocycles. The maximum Gasteiger partial charge on any atom is 0.416 e. The maximum atomic E-state index is 13.0. The molecule has 0 fully saturated rings. The minimum atomic E-state index is -4.66. The summed E-state index contributed by atoms with van der Waals surface area (Å²) in [6.45, 7) is 0. The lowest BCUT2D eigenvalue weighted by Crippen LogP contribution is -2.17. The van der Waals surface area contributed by atoms with Gasteiger partial charge in [-0.1, -0.05) is 17.7 Å². The summed E-state index contributed by atoms with van der Waals surface area (Å²) in [5.41, 5.74) is 0.560. The Morgan fingerprint density at radius 2 is 1.96 bits per heavy atom. The monoisotopic (exact) mass is 360 g/mol. The van der Waals surface area contributed by atoms with E-state index in [1.54, 1.807) is 0 Å². The van der Waals surface area contributed by atoms with Crippen molar-refractivity contribution in [2.75, 3.05) is 0 Å². The molecule has 4 nitrogen and oxygen atoms in total. The zero-order chi connectivity index (χ0) is 17.9. The molecule has 0 heterocycles. The number of benzene rings is 2. The molecule has 0 spiro atoms. The van der Waals surface area contributed by atoms with Crippen molar-refractivity contribution >= 4 is 23.7 Å². The fourth-order valence-electron chi connectivity index (χ4n) is 1.74. The van der Waals surface area contributed by atoms with Gasteiger partial charge in [0.05, 0.1) is 16.8 Å². The first-order chi connectivity index (χ1) is 11.2. The van der Waals surface area contributed by atoms with E-state index in [1.165, 1.54) is 12.1 Å². The highest BCUT2D eigenvalue weighted by molar-refractivity contribution is 6.32. The highest BCUT2D eigenvalue weighted by Gasteiger charge is 2.32. The number of nitrogens with zero attached hydrogens (tertiary/aromatic N) is 1. The van der Waals surface area contributed by atoms with Crippen LogP contribution in [0.3, 0.4) is 0 Å². The smallest absolute Gasteiger partial charge is 0.416 e. The Labute approximate surface area is 138 Å². The van der Waals surface area contributed by atoms with E-state index >= 15 is 0 Å². The van der Waals surface area contributed by atoms with E-state index in [0.29, 0.717) is 12.1 Å². The van der Waals surface area contributed by atoms with Gasteiger partial charge in [0.15, 0.2) is 0 Å². The Kier molecular flexibility index (Phi) is 5.08. The average molecular weight is 361 g/mol. The number of rotatable bonds is 3. The van der Waals surface area contributed by atoms with Gasteiger partial charge in [-0.2, -0.15) is 18.3 Å². The molecule has 24 heavy (non-hydrogen) atoms. The molecule has 2 rings (SSSR count). The van der Waals surface area contributed by atoms with Crippen molar-refractivity contribution in [2.24, 2.45) is 5.10 Å². The Morgan fingerprint density at radius 3 is 2.58 bits per heavy atom. The van der Waals surface area contributed by atoms with Crippen LogP contribution in [0.5, 0.6) is 5.75 Å². The maximum absolute atomic E-state index is 13.0. The van der Waals surface area contributed by atoms with E-state index in [9.17, 15) is 27.5 Å². The van der Waals surface area contributed by atoms with Crippen LogP contribution in [-0.4, -0.2) is 17.2 Å². The van der Waals surface area contributed by atoms with Gasteiger partial charge < -0.3 is 5.11 Å². The molecule has 0 saturated carbocycles. The molecule has 1 amide bonds. The molecule has 2 aromatic carbocycles. The van der Waals surface area contributed by atoms with Crippen LogP contribution in [-0.2, 0) is 6.18 Å². The van der Waals surface area contributed by atoms with Gasteiger partial charge in [-0.15, -0.1) is 0 Å². The number of phenolic OH excluding ortho intramolecular Hbond substituents is 1. The molecular weight excluding hydrogens is 352 g/mol. The van der Waals surface area contributed by atoms with Crippen LogP contribution in [0.4, 0.5) is 17.6 Å². The quantitative estimate of drug-likeness (QED) is 0.494. The molecular formula is C15H9ClF4N2O2. The van der Waals surface area contributed by atoms with Crippen LogP contribution in [0.15, 0.2) is 41.5 Å². The standard InChI is InChI=1S/C15H9ClF4N2O2/c16-12-6-10(15(18,19)20)4-9(13(12)23)7-21-22-14(24)8-2-1-3-11(17)5-8/h1-7,23H,(H,22,24). The summed E-state index contributed by atoms with van der Waals surface area (Å²) in [7, 11) is 0. The van der Waals surface area contributed by atoms with Crippen LogP contribution in [0, 0.1) is 5.82 Å². The topological polar surface area (TPSA) is 61.7 Å². The summed E-state index contributed by atoms with van der Waals surface area (Å²) in [4.78, 5) is 11.7. The second kappa shape index (κ2) is 6.88. The number of halogens is 5. The lowest BCUT2D eigenvalue weighted by molar-refractivity contribution is -0.137. The van der Waals surface area contributed by atoms with Crippen LogP contribution in [0.2, 0.25) is 5.02 Å². The van der Waals surface area contributed by atoms with Gasteiger partial charge >= 0.3 is 6.18 Å². The van der Waals surface area contributed by atoms with Crippen molar-refractivity contribution in [1.82, 2.24) is 5.43 Å². The molecule has 2 aromatic rings. The highest BCUT2D eigenvalue weighted by Crippen LogP contribution is 2.36. The summed E-state index contributed by atoms with van der Waals surface area (Å²) in [5.74, 6) is -2.02. The van der Waals surface area contributed by atoms with Crippen LogP contribution < -0.4 is 5.43 Å². The molecule has 0 atom stereocenters. The molecule has 0 bridgehead atoms. The minimum absolute atomic E-state index is 0.0292. The van der Waals surface area contributed by atoms with Crippen LogP contribution in [0.1, 0.15) is 21.5 Å². The fraction of sp³-hybridized carbons (Fsp3) is 0.0667. The SMILES string of the molecule is O=C(NN=Cc1cc(C(F)(F)F)cc(Cl)c1O)c1cccc(F)c1. The van der Waals surface area contributed by atoms with E-state index < -0.39 is 34.2 Å². The number of hydrazone groups is 1. The number of hydrogen-bond donors (Lipinski definition) is 2. The summed E-state index contributed by atoms with van der Waals surface area (Å²) < 4.78 is 51.1. The van der Waals surface area contributed by atoms with Crippen molar-refractivity contribution in [2.45, 2.75) is 6.18 Å². The molecule has 0 unspecified atom stereocenters. The number of hydrogen-bond acceptors (Lipinski definition) is 3. The summed E-state index contributed by atoms with van der Waals surface area (Å²) in [6.07, 6.45) is -3.86. The molecule has 2 N–H and O–H groups in total. The minimum Gasteiger partial charge on any atom is -0.506 e. The second-order valence-corrected chi connectivity index (χ2v) is 5.01. The van der Waals surface area contributed by atoms with Crippen LogP contribution in [0.25, 0.3) is 0 Å². The fourth-order valence-corrected chi connectivity index (χ4v) is 1.96. The average Bonchev–Trinajstić information content (AvgIpc) is 2.50. The lowest BCUT2D eigenvalue weighted by atomic mass is 10.1. The molecule has 126 valence electrons. The van der Waals surface area contributed by atoms with Gasteiger partial charge in [-0.05, 0) is 30.3 Å². The normalized spacial score (nSPS) is 11.7. The molecule has 0 aliphatic rings. The summed E-state index contributed by atoms with van der Waals surface area (Å²) in [6, 6.07) is 5.93. The Balaban J connectivity index is 2.20. The molecule has 0 radical (unpaired) electrons. The molecule has 9 heteroatoms. The number of phenols is 1. The summed E-state index contributed by atoms with van der Waals surface area (Å²) >= 11 is 5.54. The first kappa shape index (κ1) is 17.7. The number of carbonyl (C=O) groups excluding carboxylic acids is 1. The van der Waals surface area contributed by atoms with E-state index in [-0.39, 0.29) is 11.1 Å². The predicted molar refractivity (Wildman–Crippen MR) is 79.6 cm³/mol. The zero-order valence-electron chi connectivity index (χ0n) is 11.7. The Hall–Kier alpha value is -2.61. The number of aromatic hydroxyl groups is 1. The molecule has 0 aliphatic heterocycles. The number of amides is 1. The van der Waals surface area contributed by atoms with E-state index in [0.717, 1.165) is 18.3 Å². The van der Waals surface area contributed by atoms with Crippen molar-refractivity contribution < 1.29 is 27.5 Å². The lowest BCUT2D eigenvalue weighted by Gasteiger charge is -2.09. The Bertz CT molecular complexity index is 807. The zero-order valence-corrected chi connectivity index (χ0v) is 12.5. The van der Waals surface area contributed by atoms with E-state index in [1.807, 2.05) is 5.43 Å². The highest BCUT2D eigenvalue weighted by atomic mass is 35.5. The third kappa shape index (κ3) is 4.23. The van der Waals surface area contributed by atoms with Crippen molar-refractivity contribution in [3.05, 3.63) is 63.9 Å². The van der Waals surface area contributed by atoms with E-state index in [2.05, 4.69) is 5.10 Å². The van der Waals surface area contributed by atoms with Gasteiger partial charge in [0.2, 0.25) is 0 Å². The van der Waals surface area contributed by atoms with Gasteiger partial charge in [-0.3, -0.25) is 4.79 Å². The van der Waals surface area contributed by atoms with E-state index in [4.69, 9.17) is 11.6 Å². The van der Waals surface area contributed by atoms with Gasteiger partial charge in [0, 0.05) is 11.1 Å². The van der Waals surface area contributed by atoms with Crippen molar-refractivity contribution in [3.63, 3.8) is 0 Å². The number of carbonyl (C=O) groups is 1. The van der Waals surface area contributed by atoms with Gasteiger partial charge in [0.1, 0.15) is 11.6 Å². The largest absolute Gasteiger partial charge is 0.506 e.